The Morgan fingerprint density at radius 2 is 2.00 bits per heavy atom. The monoisotopic (exact) mass is 186 g/mol. The molecule has 0 aliphatic heterocycles. The molecule has 0 radical (unpaired) electrons. The Labute approximate surface area is 85.1 Å². The van der Waals surface area contributed by atoms with Crippen LogP contribution >= 0.6 is 0 Å². The molecule has 1 aromatic carbocycles. The number of allylic oxidation sites excluding steroid dienone is 1. The lowest BCUT2D eigenvalue weighted by molar-refractivity contribution is 0.210. The third-order valence-electron chi connectivity index (χ3n) is 2.07. The highest BCUT2D eigenvalue weighted by Gasteiger charge is 2.15. The molecule has 0 amide bonds. The molecule has 0 saturated heterocycles. The molecule has 1 aromatic rings. The molecule has 2 unspecified atom stereocenters. The molecule has 0 aliphatic carbocycles. The van der Waals surface area contributed by atoms with Crippen LogP contribution in [0.4, 0.5) is 0 Å². The van der Waals surface area contributed by atoms with E-state index in [-0.39, 0.29) is 5.92 Å². The standard InChI is InChI=1S/C13H14O/c1-3-8-13(14)12(4-2)11-9-6-5-7-10-11/h2-3,5-10,12-14H,1H3. The zero-order valence-corrected chi connectivity index (χ0v) is 8.22. The number of hydrogen-bond acceptors (Lipinski definition) is 1. The first kappa shape index (κ1) is 10.6. The third-order valence-corrected chi connectivity index (χ3v) is 2.07. The van der Waals surface area contributed by atoms with Crippen LogP contribution in [0.2, 0.25) is 0 Å². The van der Waals surface area contributed by atoms with Crippen molar-refractivity contribution in [3.8, 4) is 12.3 Å². The summed E-state index contributed by atoms with van der Waals surface area (Å²) < 4.78 is 0. The predicted molar refractivity (Wildman–Crippen MR) is 58.8 cm³/mol. The fourth-order valence-corrected chi connectivity index (χ4v) is 1.36. The minimum absolute atomic E-state index is 0.257. The van der Waals surface area contributed by atoms with Crippen molar-refractivity contribution in [1.29, 1.82) is 0 Å². The fourth-order valence-electron chi connectivity index (χ4n) is 1.36. The van der Waals surface area contributed by atoms with E-state index in [1.54, 1.807) is 12.2 Å². The van der Waals surface area contributed by atoms with Crippen LogP contribution in [0.25, 0.3) is 0 Å². The molecule has 1 nitrogen and oxygen atoms in total. The van der Waals surface area contributed by atoms with Crippen LogP contribution in [-0.4, -0.2) is 11.2 Å². The van der Waals surface area contributed by atoms with Gasteiger partial charge in [-0.25, -0.2) is 0 Å². The molecule has 1 heteroatoms. The lowest BCUT2D eigenvalue weighted by Gasteiger charge is -2.14. The molecular formula is C13H14O. The highest BCUT2D eigenvalue weighted by Crippen LogP contribution is 2.19. The fraction of sp³-hybridized carbons (Fsp3) is 0.231. The molecule has 2 atom stereocenters. The minimum atomic E-state index is -0.604. The molecular weight excluding hydrogens is 172 g/mol. The Hall–Kier alpha value is -1.52. The normalized spacial score (nSPS) is 14.9. The van der Waals surface area contributed by atoms with Gasteiger partial charge in [0.25, 0.3) is 0 Å². The predicted octanol–water partition coefficient (Wildman–Crippen LogP) is 2.34. The third kappa shape index (κ3) is 2.48. The Morgan fingerprint density at radius 3 is 2.50 bits per heavy atom. The Kier molecular flexibility index (Phi) is 3.97. The van der Waals surface area contributed by atoms with E-state index < -0.39 is 6.10 Å². The first-order valence-corrected chi connectivity index (χ1v) is 4.61. The van der Waals surface area contributed by atoms with E-state index in [2.05, 4.69) is 5.92 Å². The van der Waals surface area contributed by atoms with Crippen LogP contribution in [0.3, 0.4) is 0 Å². The van der Waals surface area contributed by atoms with Crippen LogP contribution in [0.15, 0.2) is 42.5 Å². The van der Waals surface area contributed by atoms with Crippen LogP contribution < -0.4 is 0 Å². The Bertz CT molecular complexity index is 332. The number of rotatable bonds is 3. The molecule has 14 heavy (non-hydrogen) atoms. The maximum Gasteiger partial charge on any atom is 0.0899 e. The van der Waals surface area contributed by atoms with E-state index in [0.29, 0.717) is 0 Å². The zero-order chi connectivity index (χ0) is 10.4. The van der Waals surface area contributed by atoms with Crippen molar-refractivity contribution in [3.63, 3.8) is 0 Å². The van der Waals surface area contributed by atoms with Crippen molar-refractivity contribution < 1.29 is 5.11 Å². The summed E-state index contributed by atoms with van der Waals surface area (Å²) in [7, 11) is 0. The number of benzene rings is 1. The summed E-state index contributed by atoms with van der Waals surface area (Å²) in [6.07, 6.45) is 8.30. The Morgan fingerprint density at radius 1 is 1.36 bits per heavy atom. The molecule has 0 heterocycles. The first-order chi connectivity index (χ1) is 6.79. The minimum Gasteiger partial charge on any atom is -0.387 e. The van der Waals surface area contributed by atoms with Gasteiger partial charge in [0, 0.05) is 0 Å². The van der Waals surface area contributed by atoms with Crippen LogP contribution in [0, 0.1) is 12.3 Å². The number of hydrogen-bond donors (Lipinski definition) is 1. The first-order valence-electron chi connectivity index (χ1n) is 4.61. The molecule has 0 bridgehead atoms. The molecule has 1 N–H and O–H groups in total. The van der Waals surface area contributed by atoms with Gasteiger partial charge < -0.3 is 5.11 Å². The van der Waals surface area contributed by atoms with Crippen LogP contribution in [0.5, 0.6) is 0 Å². The van der Waals surface area contributed by atoms with Gasteiger partial charge in [0.15, 0.2) is 0 Å². The van der Waals surface area contributed by atoms with Crippen molar-refractivity contribution in [2.75, 3.05) is 0 Å². The molecule has 1 rings (SSSR count). The van der Waals surface area contributed by atoms with Gasteiger partial charge >= 0.3 is 0 Å². The van der Waals surface area contributed by atoms with Gasteiger partial charge in [0.1, 0.15) is 0 Å². The Balaban J connectivity index is 2.89. The SMILES string of the molecule is C#CC(c1ccccc1)C(O)C=CC. The van der Waals surface area contributed by atoms with Gasteiger partial charge in [-0.1, -0.05) is 48.4 Å². The molecule has 0 saturated carbocycles. The van der Waals surface area contributed by atoms with E-state index in [0.717, 1.165) is 5.56 Å². The second kappa shape index (κ2) is 5.26. The number of aliphatic hydroxyl groups is 1. The summed E-state index contributed by atoms with van der Waals surface area (Å²) in [5.74, 6) is 2.34. The van der Waals surface area contributed by atoms with Gasteiger partial charge in [0.05, 0.1) is 12.0 Å². The summed E-state index contributed by atoms with van der Waals surface area (Å²) in [4.78, 5) is 0. The van der Waals surface area contributed by atoms with Gasteiger partial charge in [-0.05, 0) is 12.5 Å². The lowest BCUT2D eigenvalue weighted by Crippen LogP contribution is -2.14. The van der Waals surface area contributed by atoms with E-state index in [1.165, 1.54) is 0 Å². The highest BCUT2D eigenvalue weighted by atomic mass is 16.3. The second-order valence-electron chi connectivity index (χ2n) is 3.07. The van der Waals surface area contributed by atoms with Crippen molar-refractivity contribution >= 4 is 0 Å². The quantitative estimate of drug-likeness (QED) is 0.567. The highest BCUT2D eigenvalue weighted by molar-refractivity contribution is 5.29. The summed E-state index contributed by atoms with van der Waals surface area (Å²) in [5, 5.41) is 9.73. The maximum atomic E-state index is 9.73. The van der Waals surface area contributed by atoms with Gasteiger partial charge in [-0.15, -0.1) is 6.42 Å². The van der Waals surface area contributed by atoms with Crippen molar-refractivity contribution in [2.24, 2.45) is 0 Å². The lowest BCUT2D eigenvalue weighted by atomic mass is 9.94. The van der Waals surface area contributed by atoms with Gasteiger partial charge in [0.2, 0.25) is 0 Å². The molecule has 0 aliphatic rings. The molecule has 0 fully saturated rings. The molecule has 0 spiro atoms. The summed E-state index contributed by atoms with van der Waals surface area (Å²) >= 11 is 0. The molecule has 72 valence electrons. The largest absolute Gasteiger partial charge is 0.387 e. The summed E-state index contributed by atoms with van der Waals surface area (Å²) in [6, 6.07) is 9.62. The van der Waals surface area contributed by atoms with E-state index in [1.807, 2.05) is 37.3 Å². The van der Waals surface area contributed by atoms with Gasteiger partial charge in [-0.3, -0.25) is 0 Å². The average molecular weight is 186 g/mol. The summed E-state index contributed by atoms with van der Waals surface area (Å²) in [5.41, 5.74) is 0.973. The average Bonchev–Trinajstić information content (AvgIpc) is 2.21. The smallest absolute Gasteiger partial charge is 0.0899 e. The number of terminal acetylenes is 1. The van der Waals surface area contributed by atoms with E-state index >= 15 is 0 Å². The van der Waals surface area contributed by atoms with Crippen molar-refractivity contribution in [2.45, 2.75) is 18.9 Å². The topological polar surface area (TPSA) is 20.2 Å². The van der Waals surface area contributed by atoms with Crippen molar-refractivity contribution in [3.05, 3.63) is 48.0 Å². The zero-order valence-electron chi connectivity index (χ0n) is 8.22. The number of aliphatic hydroxyl groups excluding tert-OH is 1. The van der Waals surface area contributed by atoms with E-state index in [4.69, 9.17) is 6.42 Å². The van der Waals surface area contributed by atoms with Crippen molar-refractivity contribution in [1.82, 2.24) is 0 Å². The van der Waals surface area contributed by atoms with Crippen LogP contribution in [0.1, 0.15) is 18.4 Å². The van der Waals surface area contributed by atoms with E-state index in [9.17, 15) is 5.11 Å². The van der Waals surface area contributed by atoms with Gasteiger partial charge in [-0.2, -0.15) is 0 Å². The maximum absolute atomic E-state index is 9.73. The second-order valence-corrected chi connectivity index (χ2v) is 3.07. The molecule has 0 aromatic heterocycles. The van der Waals surface area contributed by atoms with Crippen LogP contribution in [-0.2, 0) is 0 Å². The summed E-state index contributed by atoms with van der Waals surface area (Å²) in [6.45, 7) is 1.86.